The van der Waals surface area contributed by atoms with Crippen LogP contribution in [0.1, 0.15) is 19.4 Å². The molecule has 0 atom stereocenters. The van der Waals surface area contributed by atoms with E-state index in [0.717, 1.165) is 0 Å². The number of halogens is 1. The Kier molecular flexibility index (Phi) is 4.47. The molecule has 2 N–H and O–H groups in total. The molecule has 0 aliphatic rings. The molecular formula is C13H16FNO4. The number of aliphatic carboxylic acids is 1. The number of ether oxygens (including phenoxy) is 1. The van der Waals surface area contributed by atoms with E-state index in [-0.39, 0.29) is 12.3 Å². The number of carbonyl (C=O) groups excluding carboxylic acids is 1. The molecule has 5 nitrogen and oxygen atoms in total. The zero-order valence-corrected chi connectivity index (χ0v) is 11.0. The van der Waals surface area contributed by atoms with Crippen LogP contribution in [0.2, 0.25) is 0 Å². The van der Waals surface area contributed by atoms with Crippen molar-refractivity contribution >= 4 is 11.9 Å². The topological polar surface area (TPSA) is 75.6 Å². The maximum atomic E-state index is 13.4. The lowest BCUT2D eigenvalue weighted by Gasteiger charge is -2.18. The summed E-state index contributed by atoms with van der Waals surface area (Å²) in [6.45, 7) is 2.66. The Labute approximate surface area is 110 Å². The second-order valence-corrected chi connectivity index (χ2v) is 4.58. The van der Waals surface area contributed by atoms with Crippen molar-refractivity contribution in [1.82, 2.24) is 5.32 Å². The number of carboxylic acids is 1. The first kappa shape index (κ1) is 14.9. The van der Waals surface area contributed by atoms with Crippen LogP contribution in [0.15, 0.2) is 18.2 Å². The van der Waals surface area contributed by atoms with Gasteiger partial charge in [-0.1, -0.05) is 6.07 Å². The van der Waals surface area contributed by atoms with Crippen LogP contribution in [-0.4, -0.2) is 24.1 Å². The Balaban J connectivity index is 2.70. The van der Waals surface area contributed by atoms with Crippen molar-refractivity contribution in [2.45, 2.75) is 20.4 Å². The number of benzene rings is 1. The molecule has 0 heterocycles. The van der Waals surface area contributed by atoms with Gasteiger partial charge in [-0.2, -0.15) is 0 Å². The lowest BCUT2D eigenvalue weighted by atomic mass is 9.92. The predicted molar refractivity (Wildman–Crippen MR) is 66.2 cm³/mol. The third kappa shape index (κ3) is 3.43. The molecule has 0 aliphatic heterocycles. The van der Waals surface area contributed by atoms with Gasteiger partial charge in [0.15, 0.2) is 11.6 Å². The fourth-order valence-electron chi connectivity index (χ4n) is 1.32. The van der Waals surface area contributed by atoms with E-state index in [9.17, 15) is 14.0 Å². The minimum absolute atomic E-state index is 0.0520. The summed E-state index contributed by atoms with van der Waals surface area (Å²) in [5, 5.41) is 11.3. The second kappa shape index (κ2) is 5.69. The van der Waals surface area contributed by atoms with Crippen molar-refractivity contribution in [2.24, 2.45) is 5.41 Å². The molecule has 0 unspecified atom stereocenters. The summed E-state index contributed by atoms with van der Waals surface area (Å²) in [5.41, 5.74) is -1.00. The number of carboxylic acid groups (broad SMARTS) is 1. The van der Waals surface area contributed by atoms with Gasteiger partial charge in [0.25, 0.3) is 0 Å². The average molecular weight is 269 g/mol. The summed E-state index contributed by atoms with van der Waals surface area (Å²) in [6, 6.07) is 4.27. The molecule has 1 aromatic rings. The molecule has 0 spiro atoms. The van der Waals surface area contributed by atoms with Crippen molar-refractivity contribution in [3.63, 3.8) is 0 Å². The van der Waals surface area contributed by atoms with Gasteiger partial charge in [0.2, 0.25) is 5.91 Å². The SMILES string of the molecule is COc1ccc(CNC(=O)C(C)(C)C(=O)O)cc1F. The second-order valence-electron chi connectivity index (χ2n) is 4.58. The Bertz CT molecular complexity index is 499. The van der Waals surface area contributed by atoms with Gasteiger partial charge in [-0.15, -0.1) is 0 Å². The summed E-state index contributed by atoms with van der Waals surface area (Å²) < 4.78 is 18.2. The fourth-order valence-corrected chi connectivity index (χ4v) is 1.32. The van der Waals surface area contributed by atoms with Gasteiger partial charge in [-0.3, -0.25) is 9.59 Å². The first-order valence-corrected chi connectivity index (χ1v) is 5.63. The van der Waals surface area contributed by atoms with Crippen LogP contribution in [0, 0.1) is 11.2 Å². The first-order valence-electron chi connectivity index (χ1n) is 5.63. The lowest BCUT2D eigenvalue weighted by Crippen LogP contribution is -2.41. The molecule has 0 radical (unpaired) electrons. The molecule has 0 saturated carbocycles. The largest absolute Gasteiger partial charge is 0.494 e. The number of hydrogen-bond donors (Lipinski definition) is 2. The van der Waals surface area contributed by atoms with Crippen LogP contribution in [0.4, 0.5) is 4.39 Å². The van der Waals surface area contributed by atoms with Crippen molar-refractivity contribution in [1.29, 1.82) is 0 Å². The van der Waals surface area contributed by atoms with Crippen molar-refractivity contribution in [2.75, 3.05) is 7.11 Å². The molecule has 0 bridgehead atoms. The smallest absolute Gasteiger partial charge is 0.318 e. The Morgan fingerprint density at radius 3 is 2.53 bits per heavy atom. The molecule has 0 aromatic heterocycles. The number of hydrogen-bond acceptors (Lipinski definition) is 3. The maximum absolute atomic E-state index is 13.4. The standard InChI is InChI=1S/C13H16FNO4/c1-13(2,12(17)18)11(16)15-7-8-4-5-10(19-3)9(14)6-8/h4-6H,7H2,1-3H3,(H,15,16)(H,17,18). The fraction of sp³-hybridized carbons (Fsp3) is 0.385. The zero-order chi connectivity index (χ0) is 14.6. The van der Waals surface area contributed by atoms with E-state index < -0.39 is 23.1 Å². The minimum Gasteiger partial charge on any atom is -0.494 e. The number of rotatable bonds is 5. The van der Waals surface area contributed by atoms with Crippen LogP contribution >= 0.6 is 0 Å². The number of amides is 1. The van der Waals surface area contributed by atoms with Crippen LogP contribution < -0.4 is 10.1 Å². The van der Waals surface area contributed by atoms with E-state index in [2.05, 4.69) is 5.32 Å². The highest BCUT2D eigenvalue weighted by atomic mass is 19.1. The monoisotopic (exact) mass is 269 g/mol. The lowest BCUT2D eigenvalue weighted by molar-refractivity contribution is -0.153. The van der Waals surface area contributed by atoms with Crippen LogP contribution in [0.25, 0.3) is 0 Å². The summed E-state index contributed by atoms with van der Waals surface area (Å²) in [4.78, 5) is 22.6. The van der Waals surface area contributed by atoms with E-state index in [1.165, 1.54) is 33.1 Å². The highest BCUT2D eigenvalue weighted by Gasteiger charge is 2.35. The summed E-state index contributed by atoms with van der Waals surface area (Å²) >= 11 is 0. The Hall–Kier alpha value is -2.11. The van der Waals surface area contributed by atoms with Gasteiger partial charge in [0, 0.05) is 6.54 Å². The Morgan fingerprint density at radius 2 is 2.05 bits per heavy atom. The van der Waals surface area contributed by atoms with Crippen molar-refractivity contribution in [3.8, 4) is 5.75 Å². The first-order chi connectivity index (χ1) is 8.78. The summed E-state index contributed by atoms with van der Waals surface area (Å²) in [6.07, 6.45) is 0. The van der Waals surface area contributed by atoms with Crippen LogP contribution in [0.3, 0.4) is 0 Å². The molecule has 0 saturated heterocycles. The Morgan fingerprint density at radius 1 is 1.42 bits per heavy atom. The number of carbonyl (C=O) groups is 2. The van der Waals surface area contributed by atoms with Gasteiger partial charge in [0.1, 0.15) is 5.41 Å². The van der Waals surface area contributed by atoms with Crippen LogP contribution in [-0.2, 0) is 16.1 Å². The van der Waals surface area contributed by atoms with E-state index in [4.69, 9.17) is 9.84 Å². The minimum atomic E-state index is -1.52. The molecule has 1 amide bonds. The predicted octanol–water partition coefficient (Wildman–Crippen LogP) is 1.56. The molecule has 0 aliphatic carbocycles. The number of nitrogens with one attached hydrogen (secondary N) is 1. The van der Waals surface area contributed by atoms with Gasteiger partial charge in [0.05, 0.1) is 7.11 Å². The number of methoxy groups -OCH3 is 1. The van der Waals surface area contributed by atoms with Gasteiger partial charge >= 0.3 is 5.97 Å². The van der Waals surface area contributed by atoms with Crippen molar-refractivity contribution in [3.05, 3.63) is 29.6 Å². The maximum Gasteiger partial charge on any atom is 0.318 e. The van der Waals surface area contributed by atoms with Gasteiger partial charge in [-0.25, -0.2) is 4.39 Å². The third-order valence-corrected chi connectivity index (χ3v) is 2.77. The molecule has 6 heteroatoms. The highest BCUT2D eigenvalue weighted by Crippen LogP contribution is 2.18. The highest BCUT2D eigenvalue weighted by molar-refractivity contribution is 6.00. The van der Waals surface area contributed by atoms with Crippen LogP contribution in [0.5, 0.6) is 5.75 Å². The quantitative estimate of drug-likeness (QED) is 0.795. The van der Waals surface area contributed by atoms with Crippen molar-refractivity contribution < 1.29 is 23.8 Å². The molecule has 19 heavy (non-hydrogen) atoms. The van der Waals surface area contributed by atoms with Gasteiger partial charge < -0.3 is 15.2 Å². The summed E-state index contributed by atoms with van der Waals surface area (Å²) in [7, 11) is 1.36. The van der Waals surface area contributed by atoms with E-state index in [0.29, 0.717) is 5.56 Å². The van der Waals surface area contributed by atoms with E-state index >= 15 is 0 Å². The molecule has 1 aromatic carbocycles. The summed E-state index contributed by atoms with van der Waals surface area (Å²) in [5.74, 6) is -2.27. The van der Waals surface area contributed by atoms with E-state index in [1.807, 2.05) is 0 Å². The van der Waals surface area contributed by atoms with E-state index in [1.54, 1.807) is 6.07 Å². The van der Waals surface area contributed by atoms with Gasteiger partial charge in [-0.05, 0) is 31.5 Å². The normalized spacial score (nSPS) is 10.9. The molecule has 0 fully saturated rings. The third-order valence-electron chi connectivity index (χ3n) is 2.77. The molecule has 1 rings (SSSR count). The molecule has 104 valence electrons. The molecular weight excluding hydrogens is 253 g/mol. The zero-order valence-electron chi connectivity index (χ0n) is 11.0. The average Bonchev–Trinajstić information content (AvgIpc) is 2.35.